The minimum Gasteiger partial charge on any atom is -0.508 e. The fourth-order valence-corrected chi connectivity index (χ4v) is 3.49. The van der Waals surface area contributed by atoms with Crippen LogP contribution in [0.3, 0.4) is 0 Å². The molecule has 1 aliphatic heterocycles. The molecule has 0 bridgehead atoms. The molecular formula is C21H17ClF3NO2. The average Bonchev–Trinajstić information content (AvgIpc) is 3.42. The lowest BCUT2D eigenvalue weighted by atomic mass is 10.0. The van der Waals surface area contributed by atoms with Crippen molar-refractivity contribution in [2.45, 2.75) is 37.9 Å². The van der Waals surface area contributed by atoms with Crippen LogP contribution < -0.4 is 0 Å². The molecule has 4 rings (SSSR count). The van der Waals surface area contributed by atoms with Crippen molar-refractivity contribution in [2.24, 2.45) is 4.99 Å². The van der Waals surface area contributed by atoms with Crippen LogP contribution in [0.15, 0.2) is 53.0 Å². The summed E-state index contributed by atoms with van der Waals surface area (Å²) in [5.74, 6) is 1.56. The molecule has 1 unspecified atom stereocenters. The molecule has 0 saturated heterocycles. The molecule has 0 radical (unpaired) electrons. The first-order chi connectivity index (χ1) is 13.3. The fourth-order valence-electron chi connectivity index (χ4n) is 3.26. The lowest BCUT2D eigenvalue weighted by molar-refractivity contribution is -0.137. The van der Waals surface area contributed by atoms with E-state index in [9.17, 15) is 18.3 Å². The maximum atomic E-state index is 13.0. The molecule has 1 saturated carbocycles. The van der Waals surface area contributed by atoms with Gasteiger partial charge in [-0.2, -0.15) is 13.2 Å². The molecule has 1 aliphatic carbocycles. The molecule has 1 N–H and O–H groups in total. The van der Waals surface area contributed by atoms with Gasteiger partial charge in [-0.15, -0.1) is 0 Å². The van der Waals surface area contributed by atoms with E-state index in [1.165, 1.54) is 6.07 Å². The highest BCUT2D eigenvalue weighted by Gasteiger charge is 2.39. The Hall–Kier alpha value is -2.47. The smallest absolute Gasteiger partial charge is 0.417 e. The lowest BCUT2D eigenvalue weighted by Gasteiger charge is -2.16. The van der Waals surface area contributed by atoms with E-state index in [2.05, 4.69) is 4.99 Å². The van der Waals surface area contributed by atoms with Crippen molar-refractivity contribution < 1.29 is 23.0 Å². The van der Waals surface area contributed by atoms with E-state index < -0.39 is 11.7 Å². The van der Waals surface area contributed by atoms with Gasteiger partial charge < -0.3 is 9.84 Å². The highest BCUT2D eigenvalue weighted by Crippen LogP contribution is 2.44. The first kappa shape index (κ1) is 18.9. The Morgan fingerprint density at radius 2 is 1.86 bits per heavy atom. The highest BCUT2D eigenvalue weighted by molar-refractivity contribution is 6.31. The van der Waals surface area contributed by atoms with Crippen molar-refractivity contribution in [3.63, 3.8) is 0 Å². The molecule has 2 aliphatic rings. The predicted molar refractivity (Wildman–Crippen MR) is 101 cm³/mol. The van der Waals surface area contributed by atoms with Gasteiger partial charge in [-0.1, -0.05) is 17.7 Å². The minimum atomic E-state index is -4.46. The van der Waals surface area contributed by atoms with E-state index in [0.717, 1.165) is 29.4 Å². The summed E-state index contributed by atoms with van der Waals surface area (Å²) in [5.41, 5.74) is 1.80. The van der Waals surface area contributed by atoms with Crippen LogP contribution in [0, 0.1) is 0 Å². The van der Waals surface area contributed by atoms with Gasteiger partial charge >= 0.3 is 6.18 Å². The number of rotatable bonds is 5. The number of aryl methyl sites for hydroxylation is 1. The van der Waals surface area contributed by atoms with Crippen LogP contribution in [0.4, 0.5) is 13.2 Å². The summed E-state index contributed by atoms with van der Waals surface area (Å²) in [6.45, 7) is 0. The number of alkyl halides is 3. The standard InChI is InChI=1S/C21H17ClF3NO2/c22-17-9-4-12(10-16(17)21(23,24)25)2-1-3-19-26-18-11-15(18)20(28-19)13-5-7-14(27)8-6-13/h4-10,18,27H,1-3,11H2. The number of aliphatic imine (C=N–C) groups is 1. The van der Waals surface area contributed by atoms with E-state index in [-0.39, 0.29) is 16.8 Å². The number of phenols is 1. The fraction of sp³-hybridized carbons (Fsp3) is 0.286. The van der Waals surface area contributed by atoms with E-state index in [1.807, 2.05) is 0 Å². The van der Waals surface area contributed by atoms with Gasteiger partial charge in [0.1, 0.15) is 11.5 Å². The SMILES string of the molecule is Oc1ccc(C2=C3CC3N=C(CCCc3ccc(Cl)c(C(F)(F)F)c3)O2)cc1. The van der Waals surface area contributed by atoms with E-state index in [4.69, 9.17) is 16.3 Å². The largest absolute Gasteiger partial charge is 0.508 e. The Morgan fingerprint density at radius 3 is 2.57 bits per heavy atom. The summed E-state index contributed by atoms with van der Waals surface area (Å²) in [7, 11) is 0. The summed E-state index contributed by atoms with van der Waals surface area (Å²) >= 11 is 5.66. The second-order valence-corrected chi connectivity index (χ2v) is 7.32. The molecule has 0 spiro atoms. The third-order valence-corrected chi connectivity index (χ3v) is 5.12. The number of phenolic OH excluding ortho intramolecular Hbond substituents is 1. The number of halogens is 4. The summed E-state index contributed by atoms with van der Waals surface area (Å²) < 4.78 is 44.9. The molecular weight excluding hydrogens is 391 g/mol. The summed E-state index contributed by atoms with van der Waals surface area (Å²) in [6.07, 6.45) is -1.99. The topological polar surface area (TPSA) is 41.8 Å². The molecule has 1 atom stereocenters. The molecule has 2 aromatic rings. The van der Waals surface area contributed by atoms with Crippen molar-refractivity contribution in [3.8, 4) is 5.75 Å². The Balaban J connectivity index is 1.38. The minimum absolute atomic E-state index is 0.139. The predicted octanol–water partition coefficient (Wildman–Crippen LogP) is 6.00. The summed E-state index contributed by atoms with van der Waals surface area (Å²) in [6, 6.07) is 10.9. The Morgan fingerprint density at radius 1 is 1.11 bits per heavy atom. The second kappa shape index (κ2) is 7.17. The van der Waals surface area contributed by atoms with Crippen LogP contribution in [0.25, 0.3) is 5.76 Å². The van der Waals surface area contributed by atoms with Crippen molar-refractivity contribution >= 4 is 23.3 Å². The number of fused-ring (bicyclic) bond motifs is 1. The summed E-state index contributed by atoms with van der Waals surface area (Å²) in [5, 5.41) is 9.14. The molecule has 0 amide bonds. The maximum Gasteiger partial charge on any atom is 0.417 e. The zero-order valence-electron chi connectivity index (χ0n) is 14.8. The third-order valence-electron chi connectivity index (χ3n) is 4.79. The maximum absolute atomic E-state index is 13.0. The molecule has 28 heavy (non-hydrogen) atoms. The van der Waals surface area contributed by atoms with E-state index in [0.29, 0.717) is 30.7 Å². The molecule has 0 aromatic heterocycles. The molecule has 146 valence electrons. The van der Waals surface area contributed by atoms with Gasteiger partial charge in [0, 0.05) is 24.0 Å². The normalized spacial score (nSPS) is 18.4. The highest BCUT2D eigenvalue weighted by atomic mass is 35.5. The van der Waals surface area contributed by atoms with Crippen molar-refractivity contribution in [1.29, 1.82) is 0 Å². The van der Waals surface area contributed by atoms with Crippen LogP contribution in [-0.2, 0) is 17.3 Å². The first-order valence-electron chi connectivity index (χ1n) is 8.94. The van der Waals surface area contributed by atoms with Gasteiger partial charge in [-0.25, -0.2) is 4.99 Å². The Labute approximate surface area is 165 Å². The molecule has 1 heterocycles. The molecule has 3 nitrogen and oxygen atoms in total. The van der Waals surface area contributed by atoms with Crippen LogP contribution in [0.2, 0.25) is 5.02 Å². The van der Waals surface area contributed by atoms with Crippen LogP contribution in [-0.4, -0.2) is 17.0 Å². The average molecular weight is 408 g/mol. The van der Waals surface area contributed by atoms with Crippen LogP contribution >= 0.6 is 11.6 Å². The molecule has 7 heteroatoms. The van der Waals surface area contributed by atoms with Gasteiger partial charge in [0.05, 0.1) is 16.6 Å². The third kappa shape index (κ3) is 4.02. The van der Waals surface area contributed by atoms with Gasteiger partial charge in [-0.05, 0) is 54.8 Å². The van der Waals surface area contributed by atoms with E-state index >= 15 is 0 Å². The van der Waals surface area contributed by atoms with Crippen LogP contribution in [0.1, 0.15) is 36.0 Å². The second-order valence-electron chi connectivity index (χ2n) is 6.91. The number of aromatic hydroxyl groups is 1. The monoisotopic (exact) mass is 407 g/mol. The van der Waals surface area contributed by atoms with Crippen molar-refractivity contribution in [1.82, 2.24) is 0 Å². The van der Waals surface area contributed by atoms with Crippen molar-refractivity contribution in [2.75, 3.05) is 0 Å². The number of nitrogens with zero attached hydrogens (tertiary/aromatic N) is 1. The zero-order chi connectivity index (χ0) is 19.9. The summed E-state index contributed by atoms with van der Waals surface area (Å²) in [4.78, 5) is 4.54. The number of benzene rings is 2. The Kier molecular flexibility index (Phi) is 4.83. The van der Waals surface area contributed by atoms with Gasteiger partial charge in [0.2, 0.25) is 0 Å². The van der Waals surface area contributed by atoms with E-state index in [1.54, 1.807) is 30.3 Å². The number of hydrogen-bond acceptors (Lipinski definition) is 3. The van der Waals surface area contributed by atoms with Gasteiger partial charge in [0.15, 0.2) is 5.90 Å². The Bertz CT molecular complexity index is 965. The zero-order valence-corrected chi connectivity index (χ0v) is 15.5. The van der Waals surface area contributed by atoms with Crippen LogP contribution in [0.5, 0.6) is 5.75 Å². The quantitative estimate of drug-likeness (QED) is 0.660. The lowest BCUT2D eigenvalue weighted by Crippen LogP contribution is -2.10. The van der Waals surface area contributed by atoms with Gasteiger partial charge in [-0.3, -0.25) is 0 Å². The van der Waals surface area contributed by atoms with Crippen molar-refractivity contribution in [3.05, 3.63) is 69.8 Å². The number of hydrogen-bond donors (Lipinski definition) is 1. The molecule has 2 aromatic carbocycles. The van der Waals surface area contributed by atoms with Gasteiger partial charge in [0.25, 0.3) is 0 Å². The number of ether oxygens (including phenoxy) is 1. The molecule has 1 fully saturated rings. The first-order valence-corrected chi connectivity index (χ1v) is 9.31.